The van der Waals surface area contributed by atoms with Crippen LogP contribution >= 0.6 is 0 Å². The summed E-state index contributed by atoms with van der Waals surface area (Å²) in [5.41, 5.74) is 1.63. The van der Waals surface area contributed by atoms with Crippen LogP contribution in [0.2, 0.25) is 0 Å². The van der Waals surface area contributed by atoms with Gasteiger partial charge < -0.3 is 19.5 Å². The second kappa shape index (κ2) is 15.7. The van der Waals surface area contributed by atoms with E-state index < -0.39 is 41.5 Å². The molecule has 2 aromatic rings. The van der Waals surface area contributed by atoms with Crippen molar-refractivity contribution in [3.8, 4) is 16.9 Å². The van der Waals surface area contributed by atoms with Crippen LogP contribution in [0.15, 0.2) is 55.9 Å². The molecule has 1 aromatic heterocycles. The number of aryl methyl sites for hydroxylation is 1. The summed E-state index contributed by atoms with van der Waals surface area (Å²) < 4.78 is 30.6. The standard InChI is InChI=1S/C32H42FN3O6/c1-9-11-12-14-41-27-17-24(33)15-21(3)29(27)23-16-22(19-34-20-23)25(18-28(37)40-8)35-30(38)26(13-10-2)36(7)31(39)42-32(4,5)6/h9-10,15-17,19-20,25-26H,1-2,11-14,18H2,3-8H3,(H,35,38)/t25?,26-/m0/s1. The molecule has 1 unspecified atom stereocenters. The minimum absolute atomic E-state index is 0.145. The number of amides is 2. The molecule has 0 radical (unpaired) electrons. The molecule has 228 valence electrons. The molecule has 1 heterocycles. The number of hydrogen-bond acceptors (Lipinski definition) is 7. The number of esters is 1. The quantitative estimate of drug-likeness (QED) is 0.163. The van der Waals surface area contributed by atoms with E-state index in [2.05, 4.69) is 23.5 Å². The molecule has 0 saturated heterocycles. The van der Waals surface area contributed by atoms with Crippen LogP contribution < -0.4 is 10.1 Å². The zero-order chi connectivity index (χ0) is 31.4. The van der Waals surface area contributed by atoms with Gasteiger partial charge in [-0.15, -0.1) is 13.2 Å². The van der Waals surface area contributed by atoms with Crippen molar-refractivity contribution in [2.75, 3.05) is 20.8 Å². The molecule has 0 aliphatic rings. The third-order valence-corrected chi connectivity index (χ3v) is 6.28. The molecule has 0 fully saturated rings. The monoisotopic (exact) mass is 583 g/mol. The number of ether oxygens (including phenoxy) is 3. The van der Waals surface area contributed by atoms with Crippen molar-refractivity contribution in [3.63, 3.8) is 0 Å². The number of nitrogens with one attached hydrogen (secondary N) is 1. The van der Waals surface area contributed by atoms with Crippen molar-refractivity contribution < 1.29 is 33.0 Å². The summed E-state index contributed by atoms with van der Waals surface area (Å²) in [5.74, 6) is -1.16. The molecule has 0 saturated carbocycles. The fraction of sp³-hybridized carbons (Fsp3) is 0.438. The highest BCUT2D eigenvalue weighted by Gasteiger charge is 2.31. The van der Waals surface area contributed by atoms with E-state index in [0.29, 0.717) is 41.0 Å². The number of carbonyl (C=O) groups is 3. The third kappa shape index (κ3) is 10.0. The summed E-state index contributed by atoms with van der Waals surface area (Å²) in [7, 11) is 2.72. The minimum Gasteiger partial charge on any atom is -0.493 e. The lowest BCUT2D eigenvalue weighted by Gasteiger charge is -2.30. The van der Waals surface area contributed by atoms with Crippen molar-refractivity contribution in [3.05, 3.63) is 72.8 Å². The molecule has 42 heavy (non-hydrogen) atoms. The molecule has 1 N–H and O–H groups in total. The Bertz CT molecular complexity index is 1270. The van der Waals surface area contributed by atoms with E-state index in [1.165, 1.54) is 43.5 Å². The van der Waals surface area contributed by atoms with Crippen molar-refractivity contribution in [2.24, 2.45) is 0 Å². The van der Waals surface area contributed by atoms with Gasteiger partial charge in [-0.2, -0.15) is 0 Å². The Kier molecular flexibility index (Phi) is 12.7. The Balaban J connectivity index is 2.46. The van der Waals surface area contributed by atoms with Crippen LogP contribution in [0.4, 0.5) is 9.18 Å². The van der Waals surface area contributed by atoms with Gasteiger partial charge in [0.05, 0.1) is 26.2 Å². The van der Waals surface area contributed by atoms with Crippen LogP contribution in [-0.4, -0.2) is 60.3 Å². The van der Waals surface area contributed by atoms with Crippen LogP contribution in [0.1, 0.15) is 63.6 Å². The van der Waals surface area contributed by atoms with Crippen LogP contribution in [0.25, 0.3) is 11.1 Å². The summed E-state index contributed by atoms with van der Waals surface area (Å²) in [6.07, 6.45) is 7.19. The Morgan fingerprint density at radius 1 is 1.14 bits per heavy atom. The molecule has 1 aromatic carbocycles. The van der Waals surface area contributed by atoms with E-state index in [4.69, 9.17) is 14.2 Å². The first-order valence-corrected chi connectivity index (χ1v) is 13.7. The zero-order valence-corrected chi connectivity index (χ0v) is 25.4. The molecule has 10 heteroatoms. The summed E-state index contributed by atoms with van der Waals surface area (Å²) in [6.45, 7) is 14.7. The number of methoxy groups -OCH3 is 1. The van der Waals surface area contributed by atoms with Gasteiger partial charge in [-0.1, -0.05) is 12.2 Å². The second-order valence-electron chi connectivity index (χ2n) is 10.9. The molecule has 0 aliphatic carbocycles. The number of aromatic nitrogens is 1. The predicted molar refractivity (Wildman–Crippen MR) is 159 cm³/mol. The summed E-state index contributed by atoms with van der Waals surface area (Å²) in [5, 5.41) is 2.87. The number of hydrogen-bond donors (Lipinski definition) is 1. The van der Waals surface area contributed by atoms with Crippen molar-refractivity contribution in [1.29, 1.82) is 0 Å². The molecule has 0 spiro atoms. The van der Waals surface area contributed by atoms with Gasteiger partial charge in [0.2, 0.25) is 5.91 Å². The highest BCUT2D eigenvalue weighted by molar-refractivity contribution is 5.86. The number of carbonyl (C=O) groups excluding carboxylic acids is 3. The van der Waals surface area contributed by atoms with Crippen LogP contribution in [-0.2, 0) is 19.1 Å². The normalized spacial score (nSPS) is 12.5. The van der Waals surface area contributed by atoms with Crippen molar-refractivity contribution in [2.45, 2.75) is 71.1 Å². The maximum Gasteiger partial charge on any atom is 0.410 e. The Hall–Kier alpha value is -4.21. The number of halogens is 1. The molecule has 0 bridgehead atoms. The first-order chi connectivity index (χ1) is 19.8. The van der Waals surface area contributed by atoms with Gasteiger partial charge in [0.25, 0.3) is 0 Å². The molecular formula is C32H42FN3O6. The SMILES string of the molecule is C=CCCCOc1cc(F)cc(C)c1-c1cncc(C(CC(=O)OC)NC(=O)[C@H](CC=C)N(C)C(=O)OC(C)(C)C)c1. The van der Waals surface area contributed by atoms with E-state index in [-0.39, 0.29) is 12.8 Å². The van der Waals surface area contributed by atoms with Gasteiger partial charge in [-0.05, 0) is 70.2 Å². The third-order valence-electron chi connectivity index (χ3n) is 6.28. The van der Waals surface area contributed by atoms with Gasteiger partial charge in [0.1, 0.15) is 23.2 Å². The number of pyridine rings is 1. The highest BCUT2D eigenvalue weighted by atomic mass is 19.1. The van der Waals surface area contributed by atoms with Gasteiger partial charge in [0, 0.05) is 36.6 Å². The molecule has 9 nitrogen and oxygen atoms in total. The summed E-state index contributed by atoms with van der Waals surface area (Å²) >= 11 is 0. The number of benzene rings is 1. The number of rotatable bonds is 14. The average Bonchev–Trinajstić information content (AvgIpc) is 2.92. The molecule has 2 atom stereocenters. The first-order valence-electron chi connectivity index (χ1n) is 13.7. The van der Waals surface area contributed by atoms with E-state index in [1.54, 1.807) is 46.0 Å². The fourth-order valence-electron chi connectivity index (χ4n) is 4.22. The van der Waals surface area contributed by atoms with Crippen LogP contribution in [0.3, 0.4) is 0 Å². The molecule has 2 rings (SSSR count). The minimum atomic E-state index is -0.955. The largest absolute Gasteiger partial charge is 0.493 e. The van der Waals surface area contributed by atoms with E-state index in [0.717, 1.165) is 6.42 Å². The van der Waals surface area contributed by atoms with Crippen molar-refractivity contribution >= 4 is 18.0 Å². The topological polar surface area (TPSA) is 107 Å². The van der Waals surface area contributed by atoms with Gasteiger partial charge in [-0.25, -0.2) is 9.18 Å². The Labute approximate surface area is 247 Å². The van der Waals surface area contributed by atoms with Crippen molar-refractivity contribution in [1.82, 2.24) is 15.2 Å². The van der Waals surface area contributed by atoms with Gasteiger partial charge in [-0.3, -0.25) is 19.5 Å². The second-order valence-corrected chi connectivity index (χ2v) is 10.9. The molecule has 2 amide bonds. The maximum absolute atomic E-state index is 14.3. The number of nitrogens with zero attached hydrogens (tertiary/aromatic N) is 2. The number of unbranched alkanes of at least 4 members (excludes halogenated alkanes) is 1. The summed E-state index contributed by atoms with van der Waals surface area (Å²) in [4.78, 5) is 44.2. The average molecular weight is 584 g/mol. The molecule has 0 aliphatic heterocycles. The maximum atomic E-state index is 14.3. The van der Waals surface area contributed by atoms with Gasteiger partial charge >= 0.3 is 12.1 Å². The van der Waals surface area contributed by atoms with E-state index >= 15 is 0 Å². The summed E-state index contributed by atoms with van der Waals surface area (Å²) in [6, 6.07) is 2.68. The molecular weight excluding hydrogens is 541 g/mol. The number of likely N-dealkylation sites (N-methyl/N-ethyl adjacent to an activating group) is 1. The Morgan fingerprint density at radius 2 is 1.86 bits per heavy atom. The lowest BCUT2D eigenvalue weighted by molar-refractivity contribution is -0.141. The zero-order valence-electron chi connectivity index (χ0n) is 25.4. The van der Waals surface area contributed by atoms with Gasteiger partial charge in [0.15, 0.2) is 0 Å². The van der Waals surface area contributed by atoms with E-state index in [1.807, 2.05) is 0 Å². The number of allylic oxidation sites excluding steroid dienone is 1. The first kappa shape index (κ1) is 34.0. The predicted octanol–water partition coefficient (Wildman–Crippen LogP) is 6.07. The fourth-order valence-corrected chi connectivity index (χ4v) is 4.22. The van der Waals surface area contributed by atoms with E-state index in [9.17, 15) is 18.8 Å². The lowest BCUT2D eigenvalue weighted by Crippen LogP contribution is -2.49. The lowest BCUT2D eigenvalue weighted by atomic mass is 9.96. The highest BCUT2D eigenvalue weighted by Crippen LogP contribution is 2.35. The van der Waals surface area contributed by atoms with Crippen LogP contribution in [0.5, 0.6) is 5.75 Å². The smallest absolute Gasteiger partial charge is 0.410 e. The van der Waals surface area contributed by atoms with Crippen LogP contribution in [0, 0.1) is 12.7 Å². The Morgan fingerprint density at radius 3 is 2.48 bits per heavy atom.